The molecule has 2 heterocycles. The molecule has 3 heteroatoms. The highest BCUT2D eigenvalue weighted by atomic mass is 16.5. The van der Waals surface area contributed by atoms with Gasteiger partial charge in [0.25, 0.3) is 0 Å². The Morgan fingerprint density at radius 3 is 3.00 bits per heavy atom. The molecule has 0 aromatic heterocycles. The molecule has 1 atom stereocenters. The zero-order valence-corrected chi connectivity index (χ0v) is 8.51. The SMILES string of the molecule is CN1CCCC2(CC1)COCCN2. The summed E-state index contributed by atoms with van der Waals surface area (Å²) in [6.07, 6.45) is 3.81. The highest BCUT2D eigenvalue weighted by Crippen LogP contribution is 2.23. The predicted molar refractivity (Wildman–Crippen MR) is 52.9 cm³/mol. The highest BCUT2D eigenvalue weighted by molar-refractivity contribution is 4.92. The maximum Gasteiger partial charge on any atom is 0.0649 e. The van der Waals surface area contributed by atoms with Gasteiger partial charge in [-0.15, -0.1) is 0 Å². The Kier molecular flexibility index (Phi) is 2.86. The van der Waals surface area contributed by atoms with E-state index in [1.807, 2.05) is 0 Å². The number of nitrogens with zero attached hydrogens (tertiary/aromatic N) is 1. The average molecular weight is 184 g/mol. The molecular weight excluding hydrogens is 164 g/mol. The van der Waals surface area contributed by atoms with Gasteiger partial charge in [0.1, 0.15) is 0 Å². The van der Waals surface area contributed by atoms with Gasteiger partial charge in [-0.25, -0.2) is 0 Å². The molecule has 2 aliphatic rings. The summed E-state index contributed by atoms with van der Waals surface area (Å²) in [5, 5.41) is 3.64. The van der Waals surface area contributed by atoms with Crippen molar-refractivity contribution in [2.75, 3.05) is 39.9 Å². The third-order valence-corrected chi connectivity index (χ3v) is 3.29. The molecular formula is C10H20N2O. The van der Waals surface area contributed by atoms with E-state index < -0.39 is 0 Å². The predicted octanol–water partition coefficient (Wildman–Crippen LogP) is 0.461. The maximum absolute atomic E-state index is 5.57. The molecule has 2 rings (SSSR count). The van der Waals surface area contributed by atoms with Crippen molar-refractivity contribution in [1.29, 1.82) is 0 Å². The normalized spacial score (nSPS) is 37.6. The van der Waals surface area contributed by atoms with Crippen LogP contribution in [0.1, 0.15) is 19.3 Å². The van der Waals surface area contributed by atoms with Crippen molar-refractivity contribution < 1.29 is 4.74 Å². The fraction of sp³-hybridized carbons (Fsp3) is 1.00. The van der Waals surface area contributed by atoms with Crippen molar-refractivity contribution in [3.63, 3.8) is 0 Å². The zero-order chi connectivity index (χ0) is 9.15. The number of morpholine rings is 1. The molecule has 0 aliphatic carbocycles. The molecule has 0 aromatic rings. The number of rotatable bonds is 0. The van der Waals surface area contributed by atoms with Crippen LogP contribution >= 0.6 is 0 Å². The van der Waals surface area contributed by atoms with Crippen LogP contribution in [0, 0.1) is 0 Å². The van der Waals surface area contributed by atoms with E-state index in [2.05, 4.69) is 17.3 Å². The molecule has 1 unspecified atom stereocenters. The lowest BCUT2D eigenvalue weighted by Gasteiger charge is -2.37. The first-order chi connectivity index (χ1) is 6.31. The third kappa shape index (κ3) is 2.22. The summed E-state index contributed by atoms with van der Waals surface area (Å²) < 4.78 is 5.57. The van der Waals surface area contributed by atoms with Gasteiger partial charge in [-0.3, -0.25) is 0 Å². The Balaban J connectivity index is 1.95. The van der Waals surface area contributed by atoms with Crippen molar-refractivity contribution in [3.05, 3.63) is 0 Å². The third-order valence-electron chi connectivity index (χ3n) is 3.29. The minimum Gasteiger partial charge on any atom is -0.378 e. The van der Waals surface area contributed by atoms with Crippen LogP contribution in [0.15, 0.2) is 0 Å². The molecule has 13 heavy (non-hydrogen) atoms. The Labute approximate surface area is 80.4 Å². The van der Waals surface area contributed by atoms with Crippen molar-refractivity contribution in [1.82, 2.24) is 10.2 Å². The van der Waals surface area contributed by atoms with Gasteiger partial charge >= 0.3 is 0 Å². The summed E-state index contributed by atoms with van der Waals surface area (Å²) in [6.45, 7) is 5.28. The second kappa shape index (κ2) is 3.95. The van der Waals surface area contributed by atoms with Crippen molar-refractivity contribution >= 4 is 0 Å². The van der Waals surface area contributed by atoms with Crippen LogP contribution in [0.2, 0.25) is 0 Å². The van der Waals surface area contributed by atoms with Gasteiger partial charge in [0.05, 0.1) is 13.2 Å². The number of hydrogen-bond acceptors (Lipinski definition) is 3. The van der Waals surface area contributed by atoms with Crippen LogP contribution < -0.4 is 5.32 Å². The van der Waals surface area contributed by atoms with Crippen LogP contribution in [-0.2, 0) is 4.74 Å². The van der Waals surface area contributed by atoms with Gasteiger partial charge in [-0.05, 0) is 39.4 Å². The number of ether oxygens (including phenoxy) is 1. The van der Waals surface area contributed by atoms with Crippen molar-refractivity contribution in [3.8, 4) is 0 Å². The first-order valence-electron chi connectivity index (χ1n) is 5.32. The van der Waals surface area contributed by atoms with Crippen LogP contribution in [0.25, 0.3) is 0 Å². The standard InChI is InChI=1S/C10H20N2O/c1-12-6-2-3-10(4-7-12)9-13-8-5-11-10/h11H,2-9H2,1H3. The molecule has 76 valence electrons. The van der Waals surface area contributed by atoms with Crippen LogP contribution in [-0.4, -0.2) is 50.3 Å². The first kappa shape index (κ1) is 9.44. The van der Waals surface area contributed by atoms with Gasteiger partial charge < -0.3 is 15.0 Å². The van der Waals surface area contributed by atoms with Crippen molar-refractivity contribution in [2.24, 2.45) is 0 Å². The van der Waals surface area contributed by atoms with Gasteiger partial charge in [0.2, 0.25) is 0 Å². The summed E-state index contributed by atoms with van der Waals surface area (Å²) in [5.74, 6) is 0. The second-order valence-electron chi connectivity index (χ2n) is 4.42. The highest BCUT2D eigenvalue weighted by Gasteiger charge is 2.33. The van der Waals surface area contributed by atoms with Gasteiger partial charge in [0.15, 0.2) is 0 Å². The molecule has 1 N–H and O–H groups in total. The van der Waals surface area contributed by atoms with Gasteiger partial charge in [0, 0.05) is 12.1 Å². The maximum atomic E-state index is 5.57. The van der Waals surface area contributed by atoms with E-state index >= 15 is 0 Å². The number of nitrogens with one attached hydrogen (secondary N) is 1. The van der Waals surface area contributed by atoms with E-state index in [-0.39, 0.29) is 0 Å². The van der Waals surface area contributed by atoms with E-state index in [1.54, 1.807) is 0 Å². The lowest BCUT2D eigenvalue weighted by Crippen LogP contribution is -2.54. The largest absolute Gasteiger partial charge is 0.378 e. The summed E-state index contributed by atoms with van der Waals surface area (Å²) in [5.41, 5.74) is 0.309. The Hall–Kier alpha value is -0.120. The van der Waals surface area contributed by atoms with Crippen LogP contribution in [0.5, 0.6) is 0 Å². The summed E-state index contributed by atoms with van der Waals surface area (Å²) in [7, 11) is 2.21. The molecule has 2 fully saturated rings. The minimum atomic E-state index is 0.309. The summed E-state index contributed by atoms with van der Waals surface area (Å²) in [4.78, 5) is 2.42. The Morgan fingerprint density at radius 2 is 2.23 bits per heavy atom. The smallest absolute Gasteiger partial charge is 0.0649 e. The summed E-state index contributed by atoms with van der Waals surface area (Å²) >= 11 is 0. The topological polar surface area (TPSA) is 24.5 Å². The molecule has 0 radical (unpaired) electrons. The van der Waals surface area contributed by atoms with Gasteiger partial charge in [-0.1, -0.05) is 0 Å². The average Bonchev–Trinajstić information content (AvgIpc) is 2.32. The zero-order valence-electron chi connectivity index (χ0n) is 8.51. The van der Waals surface area contributed by atoms with E-state index in [9.17, 15) is 0 Å². The summed E-state index contributed by atoms with van der Waals surface area (Å²) in [6, 6.07) is 0. The molecule has 3 nitrogen and oxygen atoms in total. The monoisotopic (exact) mass is 184 g/mol. The van der Waals surface area contributed by atoms with Crippen LogP contribution in [0.4, 0.5) is 0 Å². The first-order valence-corrected chi connectivity index (χ1v) is 5.32. The second-order valence-corrected chi connectivity index (χ2v) is 4.42. The number of hydrogen-bond donors (Lipinski definition) is 1. The van der Waals surface area contributed by atoms with Gasteiger partial charge in [-0.2, -0.15) is 0 Å². The lowest BCUT2D eigenvalue weighted by atomic mass is 9.90. The van der Waals surface area contributed by atoms with E-state index in [4.69, 9.17) is 4.74 Å². The van der Waals surface area contributed by atoms with Crippen molar-refractivity contribution in [2.45, 2.75) is 24.8 Å². The van der Waals surface area contributed by atoms with E-state index in [0.29, 0.717) is 5.54 Å². The lowest BCUT2D eigenvalue weighted by molar-refractivity contribution is 0.0204. The Bertz CT molecular complexity index is 166. The molecule has 0 bridgehead atoms. The fourth-order valence-electron chi connectivity index (χ4n) is 2.36. The quantitative estimate of drug-likeness (QED) is 0.592. The Morgan fingerprint density at radius 1 is 1.31 bits per heavy atom. The van der Waals surface area contributed by atoms with E-state index in [0.717, 1.165) is 19.8 Å². The van der Waals surface area contributed by atoms with Crippen LogP contribution in [0.3, 0.4) is 0 Å². The molecule has 1 spiro atoms. The number of likely N-dealkylation sites (tertiary alicyclic amines) is 1. The molecule has 0 amide bonds. The molecule has 2 aliphatic heterocycles. The van der Waals surface area contributed by atoms with E-state index in [1.165, 1.54) is 32.4 Å². The molecule has 0 aromatic carbocycles. The fourth-order valence-corrected chi connectivity index (χ4v) is 2.36. The molecule has 2 saturated heterocycles. The minimum absolute atomic E-state index is 0.309. The molecule has 0 saturated carbocycles.